The number of piperidine rings is 1. The average molecular weight is 347 g/mol. The number of thiophene rings is 2. The van der Waals surface area contributed by atoms with Crippen molar-refractivity contribution in [2.75, 3.05) is 13.1 Å². The third-order valence-electron chi connectivity index (χ3n) is 5.25. The molecule has 1 spiro atoms. The Balaban J connectivity index is 1.49. The van der Waals surface area contributed by atoms with Crippen molar-refractivity contribution >= 4 is 28.6 Å². The molecule has 0 aromatic carbocycles. The van der Waals surface area contributed by atoms with Crippen molar-refractivity contribution in [3.63, 3.8) is 0 Å². The molecule has 1 aliphatic heterocycles. The Morgan fingerprint density at radius 2 is 1.74 bits per heavy atom. The summed E-state index contributed by atoms with van der Waals surface area (Å²) in [6.45, 7) is 3.64. The summed E-state index contributed by atoms with van der Waals surface area (Å²) in [5.41, 5.74) is 0.311. The summed E-state index contributed by atoms with van der Waals surface area (Å²) in [4.78, 5) is 17.8. The highest BCUT2D eigenvalue weighted by molar-refractivity contribution is 7.10. The first-order chi connectivity index (χ1) is 11.3. The molecule has 3 nitrogen and oxygen atoms in total. The van der Waals surface area contributed by atoms with Gasteiger partial charge in [-0.1, -0.05) is 12.1 Å². The molecule has 1 atom stereocenters. The van der Waals surface area contributed by atoms with Gasteiger partial charge in [-0.2, -0.15) is 0 Å². The molecule has 2 aromatic heterocycles. The van der Waals surface area contributed by atoms with Gasteiger partial charge in [0.05, 0.1) is 13.1 Å². The smallest absolute Gasteiger partial charge is 0.226 e. The molecular formula is C18H22N2OS2. The van der Waals surface area contributed by atoms with E-state index in [9.17, 15) is 4.79 Å². The van der Waals surface area contributed by atoms with Gasteiger partial charge in [-0.25, -0.2) is 0 Å². The molecule has 4 rings (SSSR count). The minimum absolute atomic E-state index is 0.254. The number of hydrogen-bond donors (Lipinski definition) is 1. The van der Waals surface area contributed by atoms with E-state index in [2.05, 4.69) is 45.2 Å². The second-order valence-electron chi connectivity index (χ2n) is 6.72. The number of nitrogens with zero attached hydrogens (tertiary/aromatic N) is 1. The maximum absolute atomic E-state index is 13.1. The minimum atomic E-state index is 0.254. The third kappa shape index (κ3) is 3.23. The molecule has 1 saturated carbocycles. The molecule has 23 heavy (non-hydrogen) atoms. The highest BCUT2D eigenvalue weighted by atomic mass is 32.1. The van der Waals surface area contributed by atoms with Crippen molar-refractivity contribution in [1.29, 1.82) is 0 Å². The summed E-state index contributed by atoms with van der Waals surface area (Å²) >= 11 is 3.48. The van der Waals surface area contributed by atoms with Crippen LogP contribution in [0.25, 0.3) is 0 Å². The van der Waals surface area contributed by atoms with E-state index in [0.717, 1.165) is 45.4 Å². The highest BCUT2D eigenvalue weighted by Crippen LogP contribution is 2.59. The predicted molar refractivity (Wildman–Crippen MR) is 95.5 cm³/mol. The van der Waals surface area contributed by atoms with Crippen LogP contribution in [0, 0.1) is 11.3 Å². The van der Waals surface area contributed by atoms with Gasteiger partial charge in [0, 0.05) is 15.7 Å². The topological polar surface area (TPSA) is 32.3 Å². The Bertz CT molecular complexity index is 608. The van der Waals surface area contributed by atoms with Gasteiger partial charge in [0.25, 0.3) is 0 Å². The molecule has 1 unspecified atom stereocenters. The largest absolute Gasteiger partial charge is 0.332 e. The van der Waals surface area contributed by atoms with Crippen molar-refractivity contribution < 1.29 is 4.79 Å². The first-order valence-electron chi connectivity index (χ1n) is 8.31. The fourth-order valence-corrected chi connectivity index (χ4v) is 5.23. The van der Waals surface area contributed by atoms with E-state index in [4.69, 9.17) is 0 Å². The van der Waals surface area contributed by atoms with Gasteiger partial charge in [0.15, 0.2) is 0 Å². The van der Waals surface area contributed by atoms with Crippen LogP contribution in [-0.4, -0.2) is 23.9 Å². The Morgan fingerprint density at radius 1 is 1.13 bits per heavy atom. The van der Waals surface area contributed by atoms with Crippen LogP contribution in [0.2, 0.25) is 0 Å². The zero-order chi connectivity index (χ0) is 15.7. The highest BCUT2D eigenvalue weighted by Gasteiger charge is 2.58. The van der Waals surface area contributed by atoms with Crippen molar-refractivity contribution in [2.24, 2.45) is 11.3 Å². The molecule has 0 radical (unpaired) electrons. The number of rotatable bonds is 5. The lowest BCUT2D eigenvalue weighted by atomic mass is 9.91. The lowest BCUT2D eigenvalue weighted by Gasteiger charge is -2.26. The summed E-state index contributed by atoms with van der Waals surface area (Å²) in [5.74, 6) is 0.623. The monoisotopic (exact) mass is 346 g/mol. The number of amides is 1. The molecule has 2 aliphatic rings. The van der Waals surface area contributed by atoms with Crippen molar-refractivity contribution in [2.45, 2.75) is 32.4 Å². The first-order valence-corrected chi connectivity index (χ1v) is 10.1. The SMILES string of the molecule is O=C(C1CC12CCNCC2)N(Cc1cccs1)Cc1cccs1. The minimum Gasteiger partial charge on any atom is -0.332 e. The Kier molecular flexibility index (Phi) is 4.26. The molecule has 5 heteroatoms. The summed E-state index contributed by atoms with van der Waals surface area (Å²) < 4.78 is 0. The number of carbonyl (C=O) groups excluding carboxylic acids is 1. The zero-order valence-corrected chi connectivity index (χ0v) is 14.8. The molecular weight excluding hydrogens is 324 g/mol. The zero-order valence-electron chi connectivity index (χ0n) is 13.2. The molecule has 1 amide bonds. The van der Waals surface area contributed by atoms with E-state index in [-0.39, 0.29) is 5.92 Å². The second kappa shape index (κ2) is 6.38. The Labute approximate surface area is 145 Å². The molecule has 1 N–H and O–H groups in total. The molecule has 1 saturated heterocycles. The van der Waals surface area contributed by atoms with Gasteiger partial charge in [0.2, 0.25) is 5.91 Å². The van der Waals surface area contributed by atoms with Crippen LogP contribution in [-0.2, 0) is 17.9 Å². The average Bonchev–Trinajstić information content (AvgIpc) is 2.99. The van der Waals surface area contributed by atoms with Gasteiger partial charge in [-0.15, -0.1) is 22.7 Å². The van der Waals surface area contributed by atoms with Crippen LogP contribution in [0.5, 0.6) is 0 Å². The molecule has 2 fully saturated rings. The summed E-state index contributed by atoms with van der Waals surface area (Å²) in [5, 5.41) is 7.60. The lowest BCUT2D eigenvalue weighted by Crippen LogP contribution is -2.35. The molecule has 122 valence electrons. The molecule has 1 aliphatic carbocycles. The Morgan fingerprint density at radius 3 is 2.26 bits per heavy atom. The van der Waals surface area contributed by atoms with E-state index < -0.39 is 0 Å². The Hall–Kier alpha value is -1.17. The van der Waals surface area contributed by atoms with Crippen LogP contribution in [0.3, 0.4) is 0 Å². The molecule has 0 bridgehead atoms. The fraction of sp³-hybridized carbons (Fsp3) is 0.500. The van der Waals surface area contributed by atoms with Crippen LogP contribution in [0.1, 0.15) is 29.0 Å². The van der Waals surface area contributed by atoms with Gasteiger partial charge in [-0.05, 0) is 60.7 Å². The van der Waals surface area contributed by atoms with E-state index in [1.165, 1.54) is 9.75 Å². The summed E-state index contributed by atoms with van der Waals surface area (Å²) in [6.07, 6.45) is 3.42. The molecule has 2 aromatic rings. The normalized spacial score (nSPS) is 22.2. The van der Waals surface area contributed by atoms with Gasteiger partial charge in [-0.3, -0.25) is 4.79 Å². The molecule has 3 heterocycles. The first kappa shape index (κ1) is 15.4. The van der Waals surface area contributed by atoms with Crippen LogP contribution >= 0.6 is 22.7 Å². The van der Waals surface area contributed by atoms with Crippen LogP contribution < -0.4 is 5.32 Å². The second-order valence-corrected chi connectivity index (χ2v) is 8.79. The summed E-state index contributed by atoms with van der Waals surface area (Å²) in [6, 6.07) is 8.40. The third-order valence-corrected chi connectivity index (χ3v) is 6.97. The van der Waals surface area contributed by atoms with Gasteiger partial charge < -0.3 is 10.2 Å². The van der Waals surface area contributed by atoms with E-state index in [1.54, 1.807) is 22.7 Å². The van der Waals surface area contributed by atoms with Crippen LogP contribution in [0.15, 0.2) is 35.0 Å². The van der Waals surface area contributed by atoms with Crippen molar-refractivity contribution in [1.82, 2.24) is 10.2 Å². The number of carbonyl (C=O) groups is 1. The van der Waals surface area contributed by atoms with Crippen LogP contribution in [0.4, 0.5) is 0 Å². The lowest BCUT2D eigenvalue weighted by molar-refractivity contribution is -0.134. The maximum atomic E-state index is 13.1. The van der Waals surface area contributed by atoms with E-state index in [1.807, 2.05) is 0 Å². The quantitative estimate of drug-likeness (QED) is 0.895. The van der Waals surface area contributed by atoms with Gasteiger partial charge in [0.1, 0.15) is 0 Å². The fourth-order valence-electron chi connectivity index (χ4n) is 3.79. The maximum Gasteiger partial charge on any atom is 0.226 e. The van der Waals surface area contributed by atoms with Crippen molar-refractivity contribution in [3.05, 3.63) is 44.8 Å². The number of hydrogen-bond acceptors (Lipinski definition) is 4. The predicted octanol–water partition coefficient (Wildman–Crippen LogP) is 3.73. The standard InChI is InChI=1S/C18H22N2OS2/c21-17(16-11-18(16)5-7-19-8-6-18)20(12-14-3-1-9-22-14)13-15-4-2-10-23-15/h1-4,9-10,16,19H,5-8,11-13H2. The van der Waals surface area contributed by atoms with Crippen molar-refractivity contribution in [3.8, 4) is 0 Å². The van der Waals surface area contributed by atoms with Gasteiger partial charge >= 0.3 is 0 Å². The number of nitrogens with one attached hydrogen (secondary N) is 1. The van der Waals surface area contributed by atoms with E-state index >= 15 is 0 Å². The van der Waals surface area contributed by atoms with E-state index in [0.29, 0.717) is 11.3 Å². The summed E-state index contributed by atoms with van der Waals surface area (Å²) in [7, 11) is 0.